The van der Waals surface area contributed by atoms with Crippen LogP contribution in [0, 0.1) is 0 Å². The van der Waals surface area contributed by atoms with E-state index in [0.29, 0.717) is 5.01 Å². The first-order valence-electron chi connectivity index (χ1n) is 5.14. The zero-order chi connectivity index (χ0) is 14.5. The van der Waals surface area contributed by atoms with E-state index in [4.69, 9.17) is 5.11 Å². The molecule has 2 N–H and O–H groups in total. The topological polar surface area (TPSA) is 123 Å². The lowest BCUT2D eigenvalue weighted by Gasteiger charge is -2.04. The second kappa shape index (κ2) is 6.59. The Morgan fingerprint density at radius 2 is 2.21 bits per heavy atom. The number of esters is 1. The van der Waals surface area contributed by atoms with Crippen LogP contribution in [0.2, 0.25) is 0 Å². The number of hydrogen-bond donors (Lipinski definition) is 2. The minimum atomic E-state index is -3.82. The largest absolute Gasteiger partial charge is 0.476 e. The van der Waals surface area contributed by atoms with Gasteiger partial charge in [0.05, 0.1) is 13.2 Å². The molecule has 1 aromatic rings. The molecule has 8 nitrogen and oxygen atoms in total. The SMILES string of the molecule is CCOC(=O)CS(=O)(=O)NCc1nc(C(=O)O)cs1. The van der Waals surface area contributed by atoms with Crippen molar-refractivity contribution in [1.29, 1.82) is 0 Å². The van der Waals surface area contributed by atoms with Gasteiger partial charge in [-0.25, -0.2) is 22.9 Å². The number of carboxylic acids is 1. The molecule has 0 unspecified atom stereocenters. The number of rotatable bonds is 7. The van der Waals surface area contributed by atoms with Crippen LogP contribution in [0.4, 0.5) is 0 Å². The molecule has 1 aromatic heterocycles. The van der Waals surface area contributed by atoms with E-state index in [1.807, 2.05) is 0 Å². The van der Waals surface area contributed by atoms with E-state index in [9.17, 15) is 18.0 Å². The maximum absolute atomic E-state index is 11.5. The molecule has 0 aliphatic heterocycles. The van der Waals surface area contributed by atoms with Gasteiger partial charge in [0.1, 0.15) is 5.01 Å². The van der Waals surface area contributed by atoms with Gasteiger partial charge in [0.2, 0.25) is 10.0 Å². The first-order valence-corrected chi connectivity index (χ1v) is 7.68. The minimum absolute atomic E-state index is 0.100. The molecule has 19 heavy (non-hydrogen) atoms. The number of carboxylic acid groups (broad SMARTS) is 1. The van der Waals surface area contributed by atoms with Gasteiger partial charge in [-0.3, -0.25) is 4.79 Å². The summed E-state index contributed by atoms with van der Waals surface area (Å²) in [6, 6.07) is 0. The van der Waals surface area contributed by atoms with E-state index in [0.717, 1.165) is 11.3 Å². The number of nitrogens with one attached hydrogen (secondary N) is 1. The predicted octanol–water partition coefficient (Wildman–Crippen LogP) is -0.176. The molecule has 0 fully saturated rings. The summed E-state index contributed by atoms with van der Waals surface area (Å²) < 4.78 is 29.6. The smallest absolute Gasteiger partial charge is 0.355 e. The second-order valence-corrected chi connectivity index (χ2v) is 6.07. The van der Waals surface area contributed by atoms with Gasteiger partial charge in [-0.15, -0.1) is 11.3 Å². The van der Waals surface area contributed by atoms with Gasteiger partial charge in [-0.05, 0) is 6.92 Å². The zero-order valence-corrected chi connectivity index (χ0v) is 11.6. The number of carbonyl (C=O) groups is 2. The molecule has 106 valence electrons. The number of carbonyl (C=O) groups excluding carboxylic acids is 1. The third-order valence-corrected chi connectivity index (χ3v) is 3.88. The van der Waals surface area contributed by atoms with Crippen LogP contribution in [0.5, 0.6) is 0 Å². The quantitative estimate of drug-likeness (QED) is 0.670. The number of aromatic nitrogens is 1. The van der Waals surface area contributed by atoms with Gasteiger partial charge in [0.15, 0.2) is 11.4 Å². The van der Waals surface area contributed by atoms with Crippen molar-refractivity contribution in [2.75, 3.05) is 12.4 Å². The highest BCUT2D eigenvalue weighted by Crippen LogP contribution is 2.09. The molecule has 0 aromatic carbocycles. The van der Waals surface area contributed by atoms with Crippen molar-refractivity contribution < 1.29 is 27.9 Å². The minimum Gasteiger partial charge on any atom is -0.476 e. The average Bonchev–Trinajstić information content (AvgIpc) is 2.74. The van der Waals surface area contributed by atoms with Gasteiger partial charge in [0, 0.05) is 5.38 Å². The summed E-state index contributed by atoms with van der Waals surface area (Å²) in [6.45, 7) is 1.50. The average molecular weight is 308 g/mol. The van der Waals surface area contributed by atoms with Crippen molar-refractivity contribution in [3.8, 4) is 0 Å². The van der Waals surface area contributed by atoms with Crippen LogP contribution >= 0.6 is 11.3 Å². The molecule has 0 spiro atoms. The van der Waals surface area contributed by atoms with Crippen molar-refractivity contribution in [1.82, 2.24) is 9.71 Å². The second-order valence-electron chi connectivity index (χ2n) is 3.32. The van der Waals surface area contributed by atoms with Crippen LogP contribution in [0.15, 0.2) is 5.38 Å². The number of nitrogens with zero attached hydrogens (tertiary/aromatic N) is 1. The first-order chi connectivity index (χ1) is 8.84. The maximum atomic E-state index is 11.5. The highest BCUT2D eigenvalue weighted by atomic mass is 32.2. The van der Waals surface area contributed by atoms with Gasteiger partial charge in [0.25, 0.3) is 0 Å². The van der Waals surface area contributed by atoms with Crippen molar-refractivity contribution in [2.24, 2.45) is 0 Å². The van der Waals surface area contributed by atoms with Crippen molar-refractivity contribution >= 4 is 33.3 Å². The summed E-state index contributed by atoms with van der Waals surface area (Å²) in [6.07, 6.45) is 0. The van der Waals surface area contributed by atoms with Crippen LogP contribution in [0.1, 0.15) is 22.4 Å². The van der Waals surface area contributed by atoms with E-state index < -0.39 is 27.7 Å². The summed E-state index contributed by atoms with van der Waals surface area (Å²) in [5, 5.41) is 10.2. The number of aromatic carboxylic acids is 1. The Labute approximate surface area is 113 Å². The molecular formula is C9H12N2O6S2. The number of hydrogen-bond acceptors (Lipinski definition) is 7. The highest BCUT2D eigenvalue weighted by Gasteiger charge is 2.18. The molecule has 0 saturated carbocycles. The zero-order valence-electron chi connectivity index (χ0n) is 9.95. The molecule has 0 amide bonds. The summed E-state index contributed by atoms with van der Waals surface area (Å²) in [5.74, 6) is -2.81. The molecule has 0 saturated heterocycles. The Hall–Kier alpha value is -1.52. The van der Waals surface area contributed by atoms with Gasteiger partial charge < -0.3 is 9.84 Å². The van der Waals surface area contributed by atoms with E-state index in [-0.39, 0.29) is 18.8 Å². The molecular weight excluding hydrogens is 296 g/mol. The monoisotopic (exact) mass is 308 g/mol. The Balaban J connectivity index is 2.55. The standard InChI is InChI=1S/C9H12N2O6S2/c1-2-17-8(12)5-19(15,16)10-3-7-11-6(4-18-7)9(13)14/h4,10H,2-3,5H2,1H3,(H,13,14). The summed E-state index contributed by atoms with van der Waals surface area (Å²) in [4.78, 5) is 25.3. The molecule has 0 aliphatic rings. The van der Waals surface area contributed by atoms with E-state index in [2.05, 4.69) is 14.4 Å². The molecule has 0 radical (unpaired) electrons. The Morgan fingerprint density at radius 3 is 2.74 bits per heavy atom. The lowest BCUT2D eigenvalue weighted by atomic mass is 10.5. The Kier molecular flexibility index (Phi) is 5.39. The summed E-state index contributed by atoms with van der Waals surface area (Å²) in [5.41, 5.74) is -0.149. The third-order valence-electron chi connectivity index (χ3n) is 1.83. The fraction of sp³-hybridized carbons (Fsp3) is 0.444. The van der Waals surface area contributed by atoms with Gasteiger partial charge in [-0.2, -0.15) is 0 Å². The van der Waals surface area contributed by atoms with Crippen LogP contribution in [0.3, 0.4) is 0 Å². The lowest BCUT2D eigenvalue weighted by molar-refractivity contribution is -0.139. The number of thiazole rings is 1. The Bertz CT molecular complexity index is 565. The molecule has 10 heteroatoms. The predicted molar refractivity (Wildman–Crippen MR) is 66.3 cm³/mol. The van der Waals surface area contributed by atoms with Crippen LogP contribution in [-0.2, 0) is 26.1 Å². The van der Waals surface area contributed by atoms with Crippen LogP contribution in [-0.4, -0.2) is 42.8 Å². The van der Waals surface area contributed by atoms with E-state index >= 15 is 0 Å². The van der Waals surface area contributed by atoms with Gasteiger partial charge in [-0.1, -0.05) is 0 Å². The van der Waals surface area contributed by atoms with Crippen LogP contribution < -0.4 is 4.72 Å². The molecule has 0 atom stereocenters. The van der Waals surface area contributed by atoms with E-state index in [1.165, 1.54) is 5.38 Å². The molecule has 1 rings (SSSR count). The van der Waals surface area contributed by atoms with E-state index in [1.54, 1.807) is 6.92 Å². The normalized spacial score (nSPS) is 11.2. The third kappa shape index (κ3) is 5.32. The molecule has 0 bridgehead atoms. The fourth-order valence-electron chi connectivity index (χ4n) is 1.07. The summed E-state index contributed by atoms with van der Waals surface area (Å²) in [7, 11) is -3.82. The maximum Gasteiger partial charge on any atom is 0.355 e. The van der Waals surface area contributed by atoms with Gasteiger partial charge >= 0.3 is 11.9 Å². The molecule has 1 heterocycles. The van der Waals surface area contributed by atoms with Crippen molar-refractivity contribution in [2.45, 2.75) is 13.5 Å². The lowest BCUT2D eigenvalue weighted by Crippen LogP contribution is -2.30. The number of sulfonamides is 1. The number of ether oxygens (including phenoxy) is 1. The first kappa shape index (κ1) is 15.5. The van der Waals surface area contributed by atoms with Crippen molar-refractivity contribution in [3.63, 3.8) is 0 Å². The summed E-state index contributed by atoms with van der Waals surface area (Å²) >= 11 is 1.01. The molecule has 0 aliphatic carbocycles. The highest BCUT2D eigenvalue weighted by molar-refractivity contribution is 7.90. The van der Waals surface area contributed by atoms with Crippen molar-refractivity contribution in [3.05, 3.63) is 16.1 Å². The fourth-order valence-corrected chi connectivity index (χ4v) is 2.72. The van der Waals surface area contributed by atoms with Crippen LogP contribution in [0.25, 0.3) is 0 Å². The Morgan fingerprint density at radius 1 is 1.53 bits per heavy atom.